The van der Waals surface area contributed by atoms with Crippen molar-refractivity contribution in [1.29, 1.82) is 0 Å². The Bertz CT molecular complexity index is 964. The molecule has 156 valence electrons. The van der Waals surface area contributed by atoms with Gasteiger partial charge in [-0.3, -0.25) is 14.5 Å². The molecule has 1 aliphatic rings. The minimum atomic E-state index is -0.721. The van der Waals surface area contributed by atoms with Crippen LogP contribution in [0.2, 0.25) is 5.02 Å². The van der Waals surface area contributed by atoms with E-state index in [2.05, 4.69) is 11.9 Å². The number of carbonyl (C=O) groups excluding carboxylic acids is 2. The number of benzene rings is 2. The van der Waals surface area contributed by atoms with Crippen molar-refractivity contribution in [2.45, 2.75) is 19.4 Å². The van der Waals surface area contributed by atoms with Gasteiger partial charge in [0, 0.05) is 17.3 Å². The van der Waals surface area contributed by atoms with Gasteiger partial charge in [-0.15, -0.1) is 6.58 Å². The van der Waals surface area contributed by atoms with Crippen LogP contribution < -0.4 is 15.0 Å². The number of amides is 2. The molecular weight excluding hydrogens is 422 g/mol. The van der Waals surface area contributed by atoms with Crippen molar-refractivity contribution in [3.05, 3.63) is 66.2 Å². The standard InChI is InChI=1S/C22H22ClN3O3S/c1-3-12-25-19(14-20(27)24-16-7-5-6-15(23)13-16)21(28)26(22(25)30)17-8-10-18(11-9-17)29-4-2/h3,5-11,13,19H,1,4,12,14H2,2H3,(H,24,27). The number of hydrogen-bond donors (Lipinski definition) is 1. The topological polar surface area (TPSA) is 61.9 Å². The summed E-state index contributed by atoms with van der Waals surface area (Å²) in [6.07, 6.45) is 1.61. The van der Waals surface area contributed by atoms with Crippen LogP contribution in [0.3, 0.4) is 0 Å². The molecule has 3 rings (SSSR count). The predicted octanol–water partition coefficient (Wildman–Crippen LogP) is 4.26. The SMILES string of the molecule is C=CCN1C(=S)N(c2ccc(OCC)cc2)C(=O)C1CC(=O)Nc1cccc(Cl)c1. The summed E-state index contributed by atoms with van der Waals surface area (Å²) in [5.41, 5.74) is 1.19. The summed E-state index contributed by atoms with van der Waals surface area (Å²) in [7, 11) is 0. The van der Waals surface area contributed by atoms with E-state index in [4.69, 9.17) is 28.6 Å². The summed E-state index contributed by atoms with van der Waals surface area (Å²) in [4.78, 5) is 28.9. The number of anilines is 2. The molecule has 1 fully saturated rings. The minimum Gasteiger partial charge on any atom is -0.494 e. The number of rotatable bonds is 8. The monoisotopic (exact) mass is 443 g/mol. The molecule has 1 unspecified atom stereocenters. The summed E-state index contributed by atoms with van der Waals surface area (Å²) in [6.45, 7) is 6.55. The lowest BCUT2D eigenvalue weighted by Crippen LogP contribution is -2.37. The Morgan fingerprint density at radius 3 is 2.67 bits per heavy atom. The summed E-state index contributed by atoms with van der Waals surface area (Å²) in [5, 5.41) is 3.63. The summed E-state index contributed by atoms with van der Waals surface area (Å²) < 4.78 is 5.45. The fourth-order valence-electron chi connectivity index (χ4n) is 3.23. The van der Waals surface area contributed by atoms with Gasteiger partial charge in [0.05, 0.1) is 18.7 Å². The second-order valence-corrected chi connectivity index (χ2v) is 7.40. The molecule has 8 heteroatoms. The van der Waals surface area contributed by atoms with Crippen LogP contribution in [-0.4, -0.2) is 41.0 Å². The maximum Gasteiger partial charge on any atom is 0.256 e. The third kappa shape index (κ3) is 4.80. The number of ether oxygens (including phenoxy) is 1. The van der Waals surface area contributed by atoms with Gasteiger partial charge in [-0.1, -0.05) is 23.7 Å². The first-order valence-electron chi connectivity index (χ1n) is 9.48. The van der Waals surface area contributed by atoms with Gasteiger partial charge in [0.1, 0.15) is 11.8 Å². The average molecular weight is 444 g/mol. The lowest BCUT2D eigenvalue weighted by Gasteiger charge is -2.22. The molecule has 1 N–H and O–H groups in total. The molecule has 0 spiro atoms. The van der Waals surface area contributed by atoms with Crippen LogP contribution in [-0.2, 0) is 9.59 Å². The number of nitrogens with zero attached hydrogens (tertiary/aromatic N) is 2. The van der Waals surface area contributed by atoms with Crippen LogP contribution in [0.5, 0.6) is 5.75 Å². The van der Waals surface area contributed by atoms with E-state index in [-0.39, 0.29) is 18.2 Å². The zero-order chi connectivity index (χ0) is 21.7. The Hall–Kier alpha value is -2.90. The predicted molar refractivity (Wildman–Crippen MR) is 123 cm³/mol. The smallest absolute Gasteiger partial charge is 0.256 e. The maximum atomic E-state index is 13.2. The van der Waals surface area contributed by atoms with Crippen molar-refractivity contribution >= 4 is 52.1 Å². The Balaban J connectivity index is 1.79. The van der Waals surface area contributed by atoms with E-state index >= 15 is 0 Å². The minimum absolute atomic E-state index is 0.0488. The van der Waals surface area contributed by atoms with E-state index in [0.29, 0.717) is 40.4 Å². The lowest BCUT2D eigenvalue weighted by molar-refractivity contribution is -0.124. The Morgan fingerprint density at radius 1 is 1.30 bits per heavy atom. The van der Waals surface area contributed by atoms with Gasteiger partial charge in [-0.05, 0) is 61.6 Å². The van der Waals surface area contributed by atoms with Crippen LogP contribution in [0.4, 0.5) is 11.4 Å². The number of hydrogen-bond acceptors (Lipinski definition) is 4. The van der Waals surface area contributed by atoms with E-state index < -0.39 is 6.04 Å². The molecule has 0 saturated carbocycles. The van der Waals surface area contributed by atoms with Crippen molar-refractivity contribution in [2.75, 3.05) is 23.4 Å². The highest BCUT2D eigenvalue weighted by molar-refractivity contribution is 7.80. The van der Waals surface area contributed by atoms with Crippen molar-refractivity contribution < 1.29 is 14.3 Å². The van der Waals surface area contributed by atoms with E-state index in [1.165, 1.54) is 4.90 Å². The Kier molecular flexibility index (Phi) is 7.07. The van der Waals surface area contributed by atoms with Gasteiger partial charge in [0.2, 0.25) is 5.91 Å². The molecule has 0 aliphatic carbocycles. The van der Waals surface area contributed by atoms with E-state index in [9.17, 15) is 9.59 Å². The highest BCUT2D eigenvalue weighted by atomic mass is 35.5. The van der Waals surface area contributed by atoms with Crippen LogP contribution in [0.15, 0.2) is 61.2 Å². The van der Waals surface area contributed by atoms with Crippen molar-refractivity contribution in [3.63, 3.8) is 0 Å². The molecule has 0 aromatic heterocycles. The van der Waals surface area contributed by atoms with Gasteiger partial charge < -0.3 is 15.0 Å². The zero-order valence-corrected chi connectivity index (χ0v) is 18.1. The van der Waals surface area contributed by atoms with E-state index in [0.717, 1.165) is 0 Å². The van der Waals surface area contributed by atoms with Gasteiger partial charge in [0.15, 0.2) is 5.11 Å². The first-order chi connectivity index (χ1) is 14.4. The van der Waals surface area contributed by atoms with Gasteiger partial charge in [-0.2, -0.15) is 0 Å². The second kappa shape index (κ2) is 9.73. The van der Waals surface area contributed by atoms with Crippen LogP contribution >= 0.6 is 23.8 Å². The summed E-state index contributed by atoms with van der Waals surface area (Å²) in [6, 6.07) is 13.2. The molecule has 2 aromatic carbocycles. The molecule has 0 radical (unpaired) electrons. The molecule has 2 amide bonds. The van der Waals surface area contributed by atoms with Gasteiger partial charge >= 0.3 is 0 Å². The molecule has 1 aliphatic heterocycles. The summed E-state index contributed by atoms with van der Waals surface area (Å²) in [5.74, 6) is 0.146. The molecule has 6 nitrogen and oxygen atoms in total. The Morgan fingerprint density at radius 2 is 2.03 bits per heavy atom. The molecule has 1 heterocycles. The molecule has 1 saturated heterocycles. The highest BCUT2D eigenvalue weighted by Gasteiger charge is 2.43. The molecular formula is C22H22ClN3O3S. The zero-order valence-electron chi connectivity index (χ0n) is 16.5. The van der Waals surface area contributed by atoms with Gasteiger partial charge in [-0.25, -0.2) is 0 Å². The molecule has 0 bridgehead atoms. The first-order valence-corrected chi connectivity index (χ1v) is 10.3. The maximum absolute atomic E-state index is 13.2. The second-order valence-electron chi connectivity index (χ2n) is 6.60. The first kappa shape index (κ1) is 21.8. The normalized spacial score (nSPS) is 16.0. The fraction of sp³-hybridized carbons (Fsp3) is 0.227. The van der Waals surface area contributed by atoms with Crippen LogP contribution in [0.25, 0.3) is 0 Å². The third-order valence-corrected chi connectivity index (χ3v) is 5.19. The molecule has 1 atom stereocenters. The summed E-state index contributed by atoms with van der Waals surface area (Å²) >= 11 is 11.5. The van der Waals surface area contributed by atoms with Crippen molar-refractivity contribution in [3.8, 4) is 5.75 Å². The third-order valence-electron chi connectivity index (χ3n) is 4.54. The molecule has 30 heavy (non-hydrogen) atoms. The van der Waals surface area contributed by atoms with E-state index in [1.54, 1.807) is 59.5 Å². The lowest BCUT2D eigenvalue weighted by atomic mass is 10.1. The van der Waals surface area contributed by atoms with Crippen LogP contribution in [0, 0.1) is 0 Å². The van der Waals surface area contributed by atoms with Crippen molar-refractivity contribution in [2.24, 2.45) is 0 Å². The number of halogens is 1. The quantitative estimate of drug-likeness (QED) is 0.488. The van der Waals surface area contributed by atoms with Gasteiger partial charge in [0.25, 0.3) is 5.91 Å². The number of nitrogens with one attached hydrogen (secondary N) is 1. The molecule has 2 aromatic rings. The average Bonchev–Trinajstić information content (AvgIpc) is 2.93. The van der Waals surface area contributed by atoms with E-state index in [1.807, 2.05) is 6.92 Å². The number of thiocarbonyl (C=S) groups is 1. The largest absolute Gasteiger partial charge is 0.494 e. The van der Waals surface area contributed by atoms with Crippen molar-refractivity contribution in [1.82, 2.24) is 4.90 Å². The Labute approximate surface area is 186 Å². The highest BCUT2D eigenvalue weighted by Crippen LogP contribution is 2.29. The fourth-order valence-corrected chi connectivity index (χ4v) is 3.82. The van der Waals surface area contributed by atoms with Crippen LogP contribution in [0.1, 0.15) is 13.3 Å². The number of carbonyl (C=O) groups is 2.